The first kappa shape index (κ1) is 29.6. The monoisotopic (exact) mass is 583 g/mol. The summed E-state index contributed by atoms with van der Waals surface area (Å²) < 4.78 is 0. The second-order valence-corrected chi connectivity index (χ2v) is 11.8. The molecule has 5 aromatic rings. The topological polar surface area (TPSA) is 93.1 Å². The summed E-state index contributed by atoms with van der Waals surface area (Å²) in [5.41, 5.74) is 9.64. The van der Waals surface area contributed by atoms with E-state index in [2.05, 4.69) is 63.7 Å². The first-order valence-corrected chi connectivity index (χ1v) is 15.6. The van der Waals surface area contributed by atoms with Gasteiger partial charge in [-0.2, -0.15) is 0 Å². The van der Waals surface area contributed by atoms with Crippen molar-refractivity contribution in [2.45, 2.75) is 58.8 Å². The van der Waals surface area contributed by atoms with E-state index in [0.717, 1.165) is 67.2 Å². The number of nitrogens with zero attached hydrogens (tertiary/aromatic N) is 4. The Morgan fingerprint density at radius 2 is 1.73 bits per heavy atom. The van der Waals surface area contributed by atoms with Crippen molar-refractivity contribution < 1.29 is 0 Å². The molecule has 7 heteroatoms. The van der Waals surface area contributed by atoms with Crippen LogP contribution in [-0.4, -0.2) is 37.8 Å². The van der Waals surface area contributed by atoms with Crippen molar-refractivity contribution in [1.29, 1.82) is 5.41 Å². The van der Waals surface area contributed by atoms with Crippen LogP contribution in [0.25, 0.3) is 11.0 Å². The molecule has 0 amide bonds. The number of benzene rings is 3. The van der Waals surface area contributed by atoms with Crippen molar-refractivity contribution >= 4 is 28.1 Å². The molecule has 1 aliphatic carbocycles. The minimum Gasteiger partial charge on any atom is -0.341 e. The number of fused-ring (bicyclic) bond motifs is 2. The maximum absolute atomic E-state index is 8.33. The van der Waals surface area contributed by atoms with E-state index in [1.165, 1.54) is 22.4 Å². The summed E-state index contributed by atoms with van der Waals surface area (Å²) in [6.45, 7) is 6.85. The van der Waals surface area contributed by atoms with Crippen LogP contribution in [0.2, 0.25) is 0 Å². The molecule has 2 atom stereocenters. The summed E-state index contributed by atoms with van der Waals surface area (Å²) in [4.78, 5) is 20.6. The molecule has 2 aromatic heterocycles. The predicted octanol–water partition coefficient (Wildman–Crippen LogP) is 7.58. The molecule has 1 aliphatic rings. The highest BCUT2D eigenvalue weighted by Gasteiger charge is 2.28. The summed E-state index contributed by atoms with van der Waals surface area (Å²) >= 11 is 0. The number of aromatic nitrogens is 3. The average molecular weight is 584 g/mol. The second kappa shape index (κ2) is 13.9. The third kappa shape index (κ3) is 7.18. The Morgan fingerprint density at radius 1 is 0.955 bits per heavy atom. The highest BCUT2D eigenvalue weighted by atomic mass is 15.2. The number of nitrogens with one attached hydrogen (secondary N) is 3. The van der Waals surface area contributed by atoms with Gasteiger partial charge >= 0.3 is 0 Å². The number of aryl methyl sites for hydroxylation is 1. The maximum Gasteiger partial charge on any atom is 0.121 e. The van der Waals surface area contributed by atoms with Crippen molar-refractivity contribution in [1.82, 2.24) is 25.2 Å². The Morgan fingerprint density at radius 3 is 2.52 bits per heavy atom. The van der Waals surface area contributed by atoms with Gasteiger partial charge in [-0.15, -0.1) is 0 Å². The standard InChI is InChI=1S/C37H41N7/c1-26(38)32(27(2)41-31-12-4-3-5-13-31)23-39-22-28-17-19-29(20-18-28)24-44(25-36-42-33-14-6-7-15-34(33)43-36)35-16-8-10-30-11-9-21-40-37(30)35/h3-7,9,11-15,17-21,32,35,38-39H,8,10,16,22-25H2,1-2H3,(H,42,43). The number of H-pyrrole nitrogens is 1. The molecule has 3 N–H and O–H groups in total. The number of hydrogen-bond acceptors (Lipinski definition) is 6. The number of aromatic amines is 1. The summed E-state index contributed by atoms with van der Waals surface area (Å²) in [6, 6.07) is 31.6. The van der Waals surface area contributed by atoms with E-state index in [-0.39, 0.29) is 12.0 Å². The molecule has 0 aliphatic heterocycles. The number of hydrogen-bond donors (Lipinski definition) is 3. The zero-order valence-corrected chi connectivity index (χ0v) is 25.6. The van der Waals surface area contributed by atoms with E-state index in [1.54, 1.807) is 0 Å². The van der Waals surface area contributed by atoms with Gasteiger partial charge in [-0.1, -0.05) is 60.7 Å². The average Bonchev–Trinajstić information content (AvgIpc) is 3.46. The normalized spacial score (nSPS) is 15.8. The van der Waals surface area contributed by atoms with Gasteiger partial charge in [-0.3, -0.25) is 14.9 Å². The molecule has 2 heterocycles. The number of para-hydroxylation sites is 3. The summed E-state index contributed by atoms with van der Waals surface area (Å²) in [7, 11) is 0. The van der Waals surface area contributed by atoms with Crippen LogP contribution in [0.1, 0.15) is 60.9 Å². The van der Waals surface area contributed by atoms with Crippen molar-refractivity contribution in [3.05, 3.63) is 125 Å². The maximum atomic E-state index is 8.33. The van der Waals surface area contributed by atoms with E-state index in [4.69, 9.17) is 20.4 Å². The molecule has 0 bridgehead atoms. The van der Waals surface area contributed by atoms with Gasteiger partial charge in [0.1, 0.15) is 5.82 Å². The molecule has 0 fully saturated rings. The lowest BCUT2D eigenvalue weighted by Gasteiger charge is -2.34. The number of aliphatic imine (C=N–C) groups is 1. The van der Waals surface area contributed by atoms with Gasteiger partial charge in [-0.05, 0) is 80.1 Å². The summed E-state index contributed by atoms with van der Waals surface area (Å²) in [5.74, 6) is 0.950. The van der Waals surface area contributed by atoms with Crippen LogP contribution in [0.5, 0.6) is 0 Å². The van der Waals surface area contributed by atoms with Crippen LogP contribution in [-0.2, 0) is 26.1 Å². The summed E-state index contributed by atoms with van der Waals surface area (Å²) in [6.07, 6.45) is 5.27. The third-order valence-electron chi connectivity index (χ3n) is 8.57. The first-order chi connectivity index (χ1) is 21.5. The van der Waals surface area contributed by atoms with Crippen LogP contribution < -0.4 is 5.32 Å². The second-order valence-electron chi connectivity index (χ2n) is 11.8. The van der Waals surface area contributed by atoms with E-state index in [9.17, 15) is 0 Å². The van der Waals surface area contributed by atoms with E-state index in [0.29, 0.717) is 12.3 Å². The van der Waals surface area contributed by atoms with Gasteiger partial charge in [0, 0.05) is 43.2 Å². The van der Waals surface area contributed by atoms with Crippen LogP contribution >= 0.6 is 0 Å². The molecule has 0 saturated heterocycles. The fourth-order valence-electron chi connectivity index (χ4n) is 6.25. The molecule has 3 aromatic carbocycles. The molecule has 2 unspecified atom stereocenters. The Balaban J connectivity index is 1.14. The smallest absolute Gasteiger partial charge is 0.121 e. The molecule has 0 spiro atoms. The summed E-state index contributed by atoms with van der Waals surface area (Å²) in [5, 5.41) is 11.9. The van der Waals surface area contributed by atoms with Crippen molar-refractivity contribution in [2.24, 2.45) is 10.9 Å². The molecular formula is C37H41N7. The van der Waals surface area contributed by atoms with Crippen molar-refractivity contribution in [2.75, 3.05) is 6.54 Å². The van der Waals surface area contributed by atoms with E-state index < -0.39 is 0 Å². The molecule has 224 valence electrons. The zero-order valence-electron chi connectivity index (χ0n) is 25.6. The molecule has 0 saturated carbocycles. The Hall–Kier alpha value is -4.46. The minimum atomic E-state index is -0.0340. The lowest BCUT2D eigenvalue weighted by molar-refractivity contribution is 0.153. The number of rotatable bonds is 12. The third-order valence-corrected chi connectivity index (χ3v) is 8.57. The van der Waals surface area contributed by atoms with Gasteiger partial charge in [0.15, 0.2) is 0 Å². The highest BCUT2D eigenvalue weighted by molar-refractivity contribution is 6.05. The molecular weight excluding hydrogens is 542 g/mol. The fraction of sp³-hybridized carbons (Fsp3) is 0.297. The molecule has 6 rings (SSSR count). The van der Waals surface area contributed by atoms with Crippen molar-refractivity contribution in [3.63, 3.8) is 0 Å². The van der Waals surface area contributed by atoms with Gasteiger partial charge in [-0.25, -0.2) is 4.98 Å². The lowest BCUT2D eigenvalue weighted by atomic mass is 9.90. The Bertz CT molecular complexity index is 1690. The fourth-order valence-corrected chi connectivity index (χ4v) is 6.25. The number of imidazole rings is 1. The van der Waals surface area contributed by atoms with Crippen molar-refractivity contribution in [3.8, 4) is 0 Å². The Kier molecular flexibility index (Phi) is 9.34. The Labute approximate surface area is 260 Å². The highest BCUT2D eigenvalue weighted by Crippen LogP contribution is 2.34. The molecule has 0 radical (unpaired) electrons. The van der Waals surface area contributed by atoms with Crippen LogP contribution in [0.4, 0.5) is 5.69 Å². The van der Waals surface area contributed by atoms with Crippen LogP contribution in [0.15, 0.2) is 102 Å². The first-order valence-electron chi connectivity index (χ1n) is 15.6. The SMILES string of the molecule is CC(=N)C(CNCc1ccc(CN(Cc2nc3ccccc3[nH]2)C2CCCc3cccnc32)cc1)C(C)=Nc1ccccc1. The lowest BCUT2D eigenvalue weighted by Crippen LogP contribution is -2.32. The molecule has 44 heavy (non-hydrogen) atoms. The van der Waals surface area contributed by atoms with Gasteiger partial charge in [0.05, 0.1) is 35.0 Å². The largest absolute Gasteiger partial charge is 0.341 e. The van der Waals surface area contributed by atoms with Crippen LogP contribution in [0, 0.1) is 11.3 Å². The van der Waals surface area contributed by atoms with E-state index >= 15 is 0 Å². The zero-order chi connectivity index (χ0) is 30.3. The van der Waals surface area contributed by atoms with Gasteiger partial charge in [0.2, 0.25) is 0 Å². The van der Waals surface area contributed by atoms with Gasteiger partial charge in [0.25, 0.3) is 0 Å². The minimum absolute atomic E-state index is 0.0340. The quantitative estimate of drug-likeness (QED) is 0.132. The number of pyridine rings is 1. The van der Waals surface area contributed by atoms with Gasteiger partial charge < -0.3 is 15.7 Å². The predicted molar refractivity (Wildman–Crippen MR) is 180 cm³/mol. The molecule has 7 nitrogen and oxygen atoms in total. The van der Waals surface area contributed by atoms with E-state index in [1.807, 2.05) is 62.5 Å². The van der Waals surface area contributed by atoms with Crippen LogP contribution in [0.3, 0.4) is 0 Å².